The first-order valence-electron chi connectivity index (χ1n) is 6.88. The quantitative estimate of drug-likeness (QED) is 0.873. The molecular formula is C15H17N3. The van der Waals surface area contributed by atoms with E-state index in [-0.39, 0.29) is 0 Å². The summed E-state index contributed by atoms with van der Waals surface area (Å²) in [6, 6.07) is 10.2. The van der Waals surface area contributed by atoms with Gasteiger partial charge in [-0.25, -0.2) is 4.98 Å². The van der Waals surface area contributed by atoms with E-state index in [1.807, 2.05) is 18.2 Å². The van der Waals surface area contributed by atoms with Crippen molar-refractivity contribution >= 4 is 0 Å². The number of fused-ring (bicyclic) bond motifs is 2. The Morgan fingerprint density at radius 3 is 2.67 bits per heavy atom. The second-order valence-electron chi connectivity index (χ2n) is 5.69. The number of rotatable bonds is 2. The predicted octanol–water partition coefficient (Wildman–Crippen LogP) is 3.38. The number of hydrogen-bond acceptors (Lipinski definition) is 2. The Morgan fingerprint density at radius 2 is 1.94 bits per heavy atom. The van der Waals surface area contributed by atoms with Gasteiger partial charge in [0.25, 0.3) is 0 Å². The monoisotopic (exact) mass is 239 g/mol. The summed E-state index contributed by atoms with van der Waals surface area (Å²) in [6.45, 7) is 0. The van der Waals surface area contributed by atoms with Crippen LogP contribution in [0, 0.1) is 11.8 Å². The van der Waals surface area contributed by atoms with Gasteiger partial charge in [0.2, 0.25) is 0 Å². The molecule has 3 nitrogen and oxygen atoms in total. The van der Waals surface area contributed by atoms with Crippen LogP contribution in [0.15, 0.2) is 30.3 Å². The summed E-state index contributed by atoms with van der Waals surface area (Å²) >= 11 is 0. The number of H-pyrrole nitrogens is 1. The van der Waals surface area contributed by atoms with E-state index >= 15 is 0 Å². The Balaban J connectivity index is 1.63. The Hall–Kier alpha value is -1.64. The van der Waals surface area contributed by atoms with E-state index in [0.29, 0.717) is 5.92 Å². The minimum Gasteiger partial charge on any atom is -0.262 e. The molecule has 2 aromatic rings. The number of aromatic nitrogens is 3. The van der Waals surface area contributed by atoms with Crippen molar-refractivity contribution < 1.29 is 0 Å². The molecule has 3 atom stereocenters. The molecule has 0 amide bonds. The number of nitrogens with one attached hydrogen (secondary N) is 1. The van der Waals surface area contributed by atoms with Crippen LogP contribution in [-0.4, -0.2) is 15.2 Å². The molecule has 3 unspecified atom stereocenters. The second kappa shape index (κ2) is 3.94. The Morgan fingerprint density at radius 1 is 1.06 bits per heavy atom. The van der Waals surface area contributed by atoms with Crippen LogP contribution in [0.4, 0.5) is 0 Å². The molecule has 2 fully saturated rings. The third-order valence-electron chi connectivity index (χ3n) is 4.62. The summed E-state index contributed by atoms with van der Waals surface area (Å²) in [6.07, 6.45) is 5.54. The summed E-state index contributed by atoms with van der Waals surface area (Å²) < 4.78 is 0. The molecule has 1 heterocycles. The van der Waals surface area contributed by atoms with Crippen LogP contribution >= 0.6 is 0 Å². The van der Waals surface area contributed by atoms with Crippen LogP contribution in [0.25, 0.3) is 11.4 Å². The maximum absolute atomic E-state index is 4.71. The topological polar surface area (TPSA) is 41.6 Å². The highest BCUT2D eigenvalue weighted by Gasteiger charge is 2.41. The second-order valence-corrected chi connectivity index (χ2v) is 5.69. The van der Waals surface area contributed by atoms with Crippen molar-refractivity contribution in [3.63, 3.8) is 0 Å². The summed E-state index contributed by atoms with van der Waals surface area (Å²) in [5, 5.41) is 7.55. The first-order chi connectivity index (χ1) is 8.90. The summed E-state index contributed by atoms with van der Waals surface area (Å²) in [5.41, 5.74) is 1.10. The molecule has 2 bridgehead atoms. The van der Waals surface area contributed by atoms with Crippen molar-refractivity contribution in [3.8, 4) is 11.4 Å². The third-order valence-corrected chi connectivity index (χ3v) is 4.62. The van der Waals surface area contributed by atoms with Gasteiger partial charge in [-0.2, -0.15) is 5.10 Å². The van der Waals surface area contributed by atoms with E-state index in [9.17, 15) is 0 Å². The molecule has 1 aromatic carbocycles. The SMILES string of the molecule is c1ccc(-c2n[nH]c(C3CC4CCC3C4)n2)cc1. The van der Waals surface area contributed by atoms with E-state index in [1.165, 1.54) is 25.7 Å². The first kappa shape index (κ1) is 10.3. The molecule has 2 aliphatic rings. The summed E-state index contributed by atoms with van der Waals surface area (Å²) in [4.78, 5) is 4.71. The lowest BCUT2D eigenvalue weighted by atomic mass is 9.88. The molecule has 1 aromatic heterocycles. The molecule has 0 aliphatic heterocycles. The first-order valence-corrected chi connectivity index (χ1v) is 6.88. The van der Waals surface area contributed by atoms with E-state index in [1.54, 1.807) is 0 Å². The van der Waals surface area contributed by atoms with Crippen LogP contribution in [0.2, 0.25) is 0 Å². The van der Waals surface area contributed by atoms with Gasteiger partial charge >= 0.3 is 0 Å². The van der Waals surface area contributed by atoms with Crippen molar-refractivity contribution in [1.29, 1.82) is 0 Å². The number of hydrogen-bond donors (Lipinski definition) is 1. The number of nitrogens with zero attached hydrogens (tertiary/aromatic N) is 2. The number of benzene rings is 1. The fourth-order valence-corrected chi connectivity index (χ4v) is 3.74. The molecule has 2 saturated carbocycles. The Labute approximate surface area is 107 Å². The van der Waals surface area contributed by atoms with Gasteiger partial charge < -0.3 is 0 Å². The van der Waals surface area contributed by atoms with Crippen molar-refractivity contribution in [2.75, 3.05) is 0 Å². The minimum absolute atomic E-state index is 0.633. The molecule has 0 saturated heterocycles. The van der Waals surface area contributed by atoms with Crippen molar-refractivity contribution in [2.24, 2.45) is 11.8 Å². The highest BCUT2D eigenvalue weighted by molar-refractivity contribution is 5.53. The van der Waals surface area contributed by atoms with Gasteiger partial charge in [0.15, 0.2) is 5.82 Å². The fourth-order valence-electron chi connectivity index (χ4n) is 3.74. The van der Waals surface area contributed by atoms with Crippen molar-refractivity contribution in [3.05, 3.63) is 36.2 Å². The molecular weight excluding hydrogens is 222 g/mol. The van der Waals surface area contributed by atoms with Crippen LogP contribution in [-0.2, 0) is 0 Å². The highest BCUT2D eigenvalue weighted by Crippen LogP contribution is 2.52. The number of aromatic amines is 1. The van der Waals surface area contributed by atoms with Crippen LogP contribution in [0.3, 0.4) is 0 Å². The van der Waals surface area contributed by atoms with Gasteiger partial charge in [0.1, 0.15) is 5.82 Å². The fraction of sp³-hybridized carbons (Fsp3) is 0.467. The van der Waals surface area contributed by atoms with Crippen LogP contribution in [0.1, 0.15) is 37.4 Å². The normalized spacial score (nSPS) is 29.9. The largest absolute Gasteiger partial charge is 0.262 e. The molecule has 0 radical (unpaired) electrons. The van der Waals surface area contributed by atoms with E-state index in [0.717, 1.165) is 29.0 Å². The lowest BCUT2D eigenvalue weighted by molar-refractivity contribution is 0.406. The molecule has 3 heteroatoms. The van der Waals surface area contributed by atoms with E-state index in [2.05, 4.69) is 22.3 Å². The maximum Gasteiger partial charge on any atom is 0.181 e. The summed E-state index contributed by atoms with van der Waals surface area (Å²) in [7, 11) is 0. The van der Waals surface area contributed by atoms with E-state index < -0.39 is 0 Å². The Kier molecular flexibility index (Phi) is 2.25. The standard InChI is InChI=1S/C15H17N3/c1-2-4-11(5-3-1)14-16-15(18-17-14)13-9-10-6-7-12(13)8-10/h1-5,10,12-13H,6-9H2,(H,16,17,18). The van der Waals surface area contributed by atoms with Gasteiger partial charge in [-0.05, 0) is 31.1 Å². The molecule has 2 aliphatic carbocycles. The molecule has 4 rings (SSSR count). The minimum atomic E-state index is 0.633. The maximum atomic E-state index is 4.71. The smallest absolute Gasteiger partial charge is 0.181 e. The van der Waals surface area contributed by atoms with Gasteiger partial charge in [-0.3, -0.25) is 5.10 Å². The molecule has 1 N–H and O–H groups in total. The highest BCUT2D eigenvalue weighted by atomic mass is 15.2. The average Bonchev–Trinajstić information content (AvgIpc) is 3.15. The van der Waals surface area contributed by atoms with Crippen molar-refractivity contribution in [1.82, 2.24) is 15.2 Å². The lowest BCUT2D eigenvalue weighted by Crippen LogP contribution is -2.10. The molecule has 0 spiro atoms. The molecule has 18 heavy (non-hydrogen) atoms. The van der Waals surface area contributed by atoms with Gasteiger partial charge in [0, 0.05) is 11.5 Å². The zero-order valence-corrected chi connectivity index (χ0v) is 10.3. The third kappa shape index (κ3) is 1.57. The Bertz CT molecular complexity index is 546. The van der Waals surface area contributed by atoms with Gasteiger partial charge in [-0.15, -0.1) is 0 Å². The van der Waals surface area contributed by atoms with Crippen LogP contribution in [0.5, 0.6) is 0 Å². The van der Waals surface area contributed by atoms with Crippen LogP contribution < -0.4 is 0 Å². The predicted molar refractivity (Wildman–Crippen MR) is 70.0 cm³/mol. The zero-order chi connectivity index (χ0) is 11.9. The van der Waals surface area contributed by atoms with E-state index in [4.69, 9.17) is 4.98 Å². The summed E-state index contributed by atoms with van der Waals surface area (Å²) in [5.74, 6) is 4.39. The van der Waals surface area contributed by atoms with Crippen molar-refractivity contribution in [2.45, 2.75) is 31.6 Å². The lowest BCUT2D eigenvalue weighted by Gasteiger charge is -2.18. The zero-order valence-electron chi connectivity index (χ0n) is 10.3. The van der Waals surface area contributed by atoms with Gasteiger partial charge in [-0.1, -0.05) is 36.8 Å². The van der Waals surface area contributed by atoms with Gasteiger partial charge in [0.05, 0.1) is 0 Å². The molecule has 92 valence electrons. The average molecular weight is 239 g/mol.